The number of hydrogen-bond acceptors (Lipinski definition) is 2. The van der Waals surface area contributed by atoms with E-state index in [0.717, 1.165) is 40.8 Å². The highest BCUT2D eigenvalue weighted by molar-refractivity contribution is 6.12. The van der Waals surface area contributed by atoms with E-state index in [-0.39, 0.29) is 5.91 Å². The lowest BCUT2D eigenvalue weighted by Crippen LogP contribution is -2.12. The van der Waals surface area contributed by atoms with Crippen molar-refractivity contribution in [1.82, 2.24) is 0 Å². The zero-order valence-electron chi connectivity index (χ0n) is 12.0. The third kappa shape index (κ3) is 2.21. The Bertz CT molecular complexity index is 865. The van der Waals surface area contributed by atoms with Crippen LogP contribution in [0.25, 0.3) is 10.8 Å². The fourth-order valence-corrected chi connectivity index (χ4v) is 2.89. The smallest absolute Gasteiger partial charge is 0.256 e. The van der Waals surface area contributed by atoms with E-state index >= 15 is 0 Å². The summed E-state index contributed by atoms with van der Waals surface area (Å²) in [6.45, 7) is 0.718. The molecule has 3 aromatic rings. The maximum atomic E-state index is 12.6. The Balaban J connectivity index is 1.66. The fourth-order valence-electron chi connectivity index (χ4n) is 2.89. The first-order valence-corrected chi connectivity index (χ1v) is 7.36. The number of amides is 1. The number of carbonyl (C=O) groups is 1. The fraction of sp³-hybridized carbons (Fsp3) is 0.105. The normalized spacial score (nSPS) is 12.7. The third-order valence-corrected chi connectivity index (χ3v) is 3.98. The Morgan fingerprint density at radius 3 is 2.82 bits per heavy atom. The van der Waals surface area contributed by atoms with Crippen molar-refractivity contribution in [1.29, 1.82) is 0 Å². The van der Waals surface area contributed by atoms with Crippen molar-refractivity contribution in [2.24, 2.45) is 0 Å². The minimum Gasteiger partial charge on any atom is -0.493 e. The van der Waals surface area contributed by atoms with E-state index in [0.29, 0.717) is 5.56 Å². The van der Waals surface area contributed by atoms with Crippen molar-refractivity contribution in [2.45, 2.75) is 6.42 Å². The molecule has 0 bridgehead atoms. The summed E-state index contributed by atoms with van der Waals surface area (Å²) in [5.74, 6) is 0.832. The van der Waals surface area contributed by atoms with Gasteiger partial charge < -0.3 is 10.1 Å². The van der Waals surface area contributed by atoms with Gasteiger partial charge in [0.15, 0.2) is 0 Å². The first kappa shape index (κ1) is 12.9. The highest BCUT2D eigenvalue weighted by atomic mass is 16.5. The second-order valence-electron chi connectivity index (χ2n) is 5.40. The molecular formula is C19H15NO2. The highest BCUT2D eigenvalue weighted by Gasteiger charge is 2.14. The van der Waals surface area contributed by atoms with E-state index in [1.54, 1.807) is 0 Å². The molecule has 3 nitrogen and oxygen atoms in total. The maximum Gasteiger partial charge on any atom is 0.256 e. The molecule has 0 unspecified atom stereocenters. The zero-order chi connectivity index (χ0) is 14.9. The largest absolute Gasteiger partial charge is 0.493 e. The van der Waals surface area contributed by atoms with Gasteiger partial charge in [0.2, 0.25) is 0 Å². The molecular weight excluding hydrogens is 274 g/mol. The van der Waals surface area contributed by atoms with Crippen LogP contribution in [-0.2, 0) is 6.42 Å². The maximum absolute atomic E-state index is 12.6. The van der Waals surface area contributed by atoms with Crippen molar-refractivity contribution in [2.75, 3.05) is 11.9 Å². The van der Waals surface area contributed by atoms with Gasteiger partial charge in [0.25, 0.3) is 5.91 Å². The van der Waals surface area contributed by atoms with Crippen LogP contribution < -0.4 is 10.1 Å². The molecule has 3 aromatic carbocycles. The van der Waals surface area contributed by atoms with Crippen LogP contribution in [0, 0.1) is 0 Å². The van der Waals surface area contributed by atoms with Crippen LogP contribution >= 0.6 is 0 Å². The van der Waals surface area contributed by atoms with Gasteiger partial charge in [-0.25, -0.2) is 0 Å². The molecule has 1 aliphatic rings. The summed E-state index contributed by atoms with van der Waals surface area (Å²) in [5, 5.41) is 5.02. The lowest BCUT2D eigenvalue weighted by molar-refractivity contribution is 0.102. The van der Waals surface area contributed by atoms with Gasteiger partial charge in [-0.3, -0.25) is 4.79 Å². The summed E-state index contributed by atoms with van der Waals surface area (Å²) in [4.78, 5) is 12.6. The van der Waals surface area contributed by atoms with Crippen molar-refractivity contribution >= 4 is 22.4 Å². The van der Waals surface area contributed by atoms with Gasteiger partial charge in [-0.1, -0.05) is 36.4 Å². The Morgan fingerprint density at radius 1 is 1.00 bits per heavy atom. The van der Waals surface area contributed by atoms with Crippen LogP contribution in [0.5, 0.6) is 5.75 Å². The van der Waals surface area contributed by atoms with E-state index in [4.69, 9.17) is 4.74 Å². The van der Waals surface area contributed by atoms with Crippen LogP contribution in [0.2, 0.25) is 0 Å². The minimum absolute atomic E-state index is 0.0873. The van der Waals surface area contributed by atoms with Crippen LogP contribution in [0.15, 0.2) is 60.7 Å². The average Bonchev–Trinajstić information content (AvgIpc) is 3.02. The predicted molar refractivity (Wildman–Crippen MR) is 87.5 cm³/mol. The van der Waals surface area contributed by atoms with Crippen molar-refractivity contribution < 1.29 is 9.53 Å². The molecule has 0 fully saturated rings. The number of anilines is 1. The zero-order valence-corrected chi connectivity index (χ0v) is 12.0. The number of ether oxygens (including phenoxy) is 1. The molecule has 0 saturated heterocycles. The standard InChI is InChI=1S/C19H15NO2/c21-19(17-7-3-5-13-4-1-2-6-16(13)17)20-15-8-9-18-14(12-15)10-11-22-18/h1-9,12H,10-11H2,(H,20,21). The number of hydrogen-bond donors (Lipinski definition) is 1. The molecule has 1 aliphatic heterocycles. The molecule has 22 heavy (non-hydrogen) atoms. The molecule has 4 rings (SSSR count). The molecule has 1 amide bonds. The molecule has 0 aromatic heterocycles. The molecule has 1 heterocycles. The summed E-state index contributed by atoms with van der Waals surface area (Å²) in [6, 6.07) is 19.5. The van der Waals surface area contributed by atoms with E-state index in [9.17, 15) is 4.79 Å². The monoisotopic (exact) mass is 289 g/mol. The number of benzene rings is 3. The summed E-state index contributed by atoms with van der Waals surface area (Å²) < 4.78 is 5.49. The average molecular weight is 289 g/mol. The van der Waals surface area contributed by atoms with Crippen LogP contribution in [0.3, 0.4) is 0 Å². The van der Waals surface area contributed by atoms with Gasteiger partial charge in [-0.05, 0) is 40.6 Å². The second-order valence-corrected chi connectivity index (χ2v) is 5.40. The van der Waals surface area contributed by atoms with Gasteiger partial charge >= 0.3 is 0 Å². The molecule has 0 atom stereocenters. The van der Waals surface area contributed by atoms with Gasteiger partial charge in [-0.2, -0.15) is 0 Å². The van der Waals surface area contributed by atoms with E-state index in [1.165, 1.54) is 0 Å². The van der Waals surface area contributed by atoms with Gasteiger partial charge in [0.1, 0.15) is 5.75 Å². The Morgan fingerprint density at radius 2 is 1.86 bits per heavy atom. The Kier molecular flexibility index (Phi) is 3.04. The van der Waals surface area contributed by atoms with Crippen LogP contribution in [0.1, 0.15) is 15.9 Å². The van der Waals surface area contributed by atoms with Crippen LogP contribution in [-0.4, -0.2) is 12.5 Å². The summed E-state index contributed by atoms with van der Waals surface area (Å²) in [6.07, 6.45) is 0.896. The summed E-state index contributed by atoms with van der Waals surface area (Å²) >= 11 is 0. The first-order valence-electron chi connectivity index (χ1n) is 7.36. The third-order valence-electron chi connectivity index (χ3n) is 3.98. The molecule has 0 aliphatic carbocycles. The summed E-state index contributed by atoms with van der Waals surface area (Å²) in [7, 11) is 0. The van der Waals surface area contributed by atoms with E-state index in [1.807, 2.05) is 60.7 Å². The number of fused-ring (bicyclic) bond motifs is 2. The molecule has 1 N–H and O–H groups in total. The summed E-state index contributed by atoms with van der Waals surface area (Å²) in [5.41, 5.74) is 2.65. The van der Waals surface area contributed by atoms with E-state index in [2.05, 4.69) is 5.32 Å². The van der Waals surface area contributed by atoms with E-state index < -0.39 is 0 Å². The highest BCUT2D eigenvalue weighted by Crippen LogP contribution is 2.28. The second kappa shape index (κ2) is 5.19. The lowest BCUT2D eigenvalue weighted by atomic mass is 10.0. The van der Waals surface area contributed by atoms with Crippen molar-refractivity contribution in [3.8, 4) is 5.75 Å². The molecule has 0 spiro atoms. The van der Waals surface area contributed by atoms with Crippen molar-refractivity contribution in [3.05, 3.63) is 71.8 Å². The molecule has 0 radical (unpaired) electrons. The van der Waals surface area contributed by atoms with Gasteiger partial charge in [0, 0.05) is 17.7 Å². The number of carbonyl (C=O) groups excluding carboxylic acids is 1. The lowest BCUT2D eigenvalue weighted by Gasteiger charge is -2.09. The van der Waals surface area contributed by atoms with Gasteiger partial charge in [0.05, 0.1) is 6.61 Å². The van der Waals surface area contributed by atoms with Crippen molar-refractivity contribution in [3.63, 3.8) is 0 Å². The SMILES string of the molecule is O=C(Nc1ccc2c(c1)CCO2)c1cccc2ccccc12. The molecule has 3 heteroatoms. The Labute approximate surface area is 128 Å². The quantitative estimate of drug-likeness (QED) is 0.773. The molecule has 0 saturated carbocycles. The van der Waals surface area contributed by atoms with Gasteiger partial charge in [-0.15, -0.1) is 0 Å². The first-order chi connectivity index (χ1) is 10.8. The Hall–Kier alpha value is -2.81. The minimum atomic E-state index is -0.0873. The predicted octanol–water partition coefficient (Wildman–Crippen LogP) is 4.03. The molecule has 108 valence electrons. The number of rotatable bonds is 2. The van der Waals surface area contributed by atoms with Crippen LogP contribution in [0.4, 0.5) is 5.69 Å². The number of nitrogens with one attached hydrogen (secondary N) is 1. The topological polar surface area (TPSA) is 38.3 Å².